The Kier molecular flexibility index (Phi) is 5.51. The quantitative estimate of drug-likeness (QED) is 0.298. The fourth-order valence-electron chi connectivity index (χ4n) is 1.85. The summed E-state index contributed by atoms with van der Waals surface area (Å²) in [5, 5.41) is 4.78. The molecule has 8 nitrogen and oxygen atoms in total. The Morgan fingerprint density at radius 1 is 1.08 bits per heavy atom. The summed E-state index contributed by atoms with van der Waals surface area (Å²) >= 11 is 0. The molecule has 4 N–H and O–H groups in total. The summed E-state index contributed by atoms with van der Waals surface area (Å²) in [5.74, 6) is -0.163. The average molecular weight is 348 g/mol. The molecule has 0 radical (unpaired) electrons. The largest absolute Gasteiger partial charge is 0.380 e. The van der Waals surface area contributed by atoms with Crippen LogP contribution in [0.25, 0.3) is 0 Å². The molecule has 0 unspecified atom stereocenters. The van der Waals surface area contributed by atoms with Crippen LogP contribution in [0, 0.1) is 0 Å². The maximum absolute atomic E-state index is 12.4. The van der Waals surface area contributed by atoms with Crippen molar-refractivity contribution in [3.05, 3.63) is 59.7 Å². The Hall–Kier alpha value is -2.91. The van der Waals surface area contributed by atoms with Crippen molar-refractivity contribution in [3.8, 4) is 5.75 Å². The lowest BCUT2D eigenvalue weighted by Crippen LogP contribution is -2.19. The van der Waals surface area contributed by atoms with E-state index in [0.717, 1.165) is 5.69 Å². The van der Waals surface area contributed by atoms with Crippen LogP contribution in [0.3, 0.4) is 0 Å². The summed E-state index contributed by atoms with van der Waals surface area (Å²) in [7, 11) is -2.45. The number of hydrazine groups is 1. The highest BCUT2D eigenvalue weighted by atomic mass is 32.2. The minimum Gasteiger partial charge on any atom is -0.371 e. The third-order valence-corrected chi connectivity index (χ3v) is 3.31. The van der Waals surface area contributed by atoms with Gasteiger partial charge >= 0.3 is 10.3 Å². The molecule has 0 saturated heterocycles. The second-order valence-electron chi connectivity index (χ2n) is 4.66. The molecule has 0 aliphatic carbocycles. The number of ketones is 1. The van der Waals surface area contributed by atoms with Gasteiger partial charge in [-0.2, -0.15) is 13.6 Å². The predicted molar refractivity (Wildman–Crippen MR) is 91.2 cm³/mol. The van der Waals surface area contributed by atoms with Crippen LogP contribution in [0.2, 0.25) is 0 Å². The van der Waals surface area contributed by atoms with Crippen LogP contribution in [-0.2, 0) is 10.3 Å². The molecule has 0 fully saturated rings. The number of nitrogens with two attached hydrogens (primary N) is 1. The molecular weight excluding hydrogens is 332 g/mol. The molecule has 24 heavy (non-hydrogen) atoms. The first-order chi connectivity index (χ1) is 11.4. The molecule has 0 bridgehead atoms. The zero-order valence-corrected chi connectivity index (χ0v) is 13.6. The molecular formula is C15H16N4O4S. The zero-order valence-electron chi connectivity index (χ0n) is 12.8. The number of aliphatic imine (C=N–C) groups is 1. The van der Waals surface area contributed by atoms with Crippen molar-refractivity contribution >= 4 is 28.1 Å². The standard InChI is InChI=1S/C15H16N4O4S/c1-17-10-18-19-13-6-2-11(3-7-13)15(20)12-4-8-14(9-5-12)23-24(16,21)22/h2-10,19H,1H3,(H,17,18)(H2,16,21,22). The van der Waals surface area contributed by atoms with Gasteiger partial charge in [-0.3, -0.25) is 15.2 Å². The van der Waals surface area contributed by atoms with Gasteiger partial charge in [0.25, 0.3) is 0 Å². The summed E-state index contributed by atoms with van der Waals surface area (Å²) in [6.45, 7) is 0. The van der Waals surface area contributed by atoms with Gasteiger partial charge in [0.15, 0.2) is 5.78 Å². The van der Waals surface area contributed by atoms with E-state index in [1.807, 2.05) is 0 Å². The van der Waals surface area contributed by atoms with Crippen LogP contribution in [0.5, 0.6) is 5.75 Å². The first-order valence-corrected chi connectivity index (χ1v) is 8.25. The monoisotopic (exact) mass is 348 g/mol. The molecule has 2 rings (SSSR count). The lowest BCUT2D eigenvalue weighted by atomic mass is 10.0. The van der Waals surface area contributed by atoms with E-state index < -0.39 is 10.3 Å². The smallest absolute Gasteiger partial charge is 0.371 e. The van der Waals surface area contributed by atoms with Crippen LogP contribution >= 0.6 is 0 Å². The minimum atomic E-state index is -4.08. The zero-order chi connectivity index (χ0) is 17.6. The van der Waals surface area contributed by atoms with E-state index in [9.17, 15) is 13.2 Å². The minimum absolute atomic E-state index is 0.0391. The summed E-state index contributed by atoms with van der Waals surface area (Å²) < 4.78 is 26.2. The average Bonchev–Trinajstić information content (AvgIpc) is 2.54. The normalized spacial score (nSPS) is 11.2. The number of carbonyl (C=O) groups is 1. The molecule has 2 aromatic rings. The van der Waals surface area contributed by atoms with Crippen LogP contribution in [0.4, 0.5) is 5.69 Å². The molecule has 0 spiro atoms. The number of nitrogens with zero attached hydrogens (tertiary/aromatic N) is 1. The van der Waals surface area contributed by atoms with Gasteiger partial charge in [-0.05, 0) is 48.5 Å². The molecule has 0 aliphatic rings. The molecule has 126 valence electrons. The lowest BCUT2D eigenvalue weighted by molar-refractivity contribution is 0.103. The molecule has 0 aliphatic heterocycles. The van der Waals surface area contributed by atoms with Crippen molar-refractivity contribution < 1.29 is 17.4 Å². The van der Waals surface area contributed by atoms with Crippen molar-refractivity contribution in [1.82, 2.24) is 5.43 Å². The first kappa shape index (κ1) is 17.4. The van der Waals surface area contributed by atoms with Crippen molar-refractivity contribution in [2.24, 2.45) is 10.1 Å². The maximum Gasteiger partial charge on any atom is 0.380 e. The van der Waals surface area contributed by atoms with Crippen LogP contribution in [0.15, 0.2) is 53.5 Å². The highest BCUT2D eigenvalue weighted by Crippen LogP contribution is 2.17. The Bertz CT molecular complexity index is 831. The molecule has 0 atom stereocenters. The van der Waals surface area contributed by atoms with Gasteiger partial charge in [0.2, 0.25) is 0 Å². The van der Waals surface area contributed by atoms with Crippen molar-refractivity contribution in [3.63, 3.8) is 0 Å². The van der Waals surface area contributed by atoms with E-state index in [1.54, 1.807) is 31.3 Å². The Balaban J connectivity index is 2.08. The van der Waals surface area contributed by atoms with Gasteiger partial charge in [0.05, 0.1) is 5.69 Å². The van der Waals surface area contributed by atoms with Gasteiger partial charge in [0.1, 0.15) is 12.1 Å². The molecule has 0 aromatic heterocycles. The predicted octanol–water partition coefficient (Wildman–Crippen LogP) is 1.07. The third-order valence-electron chi connectivity index (χ3n) is 2.89. The SMILES string of the molecule is CN=CNNc1ccc(C(=O)c2ccc(OS(N)(=O)=O)cc2)cc1. The second kappa shape index (κ2) is 7.57. The van der Waals surface area contributed by atoms with E-state index in [-0.39, 0.29) is 11.5 Å². The third kappa shape index (κ3) is 5.07. The summed E-state index contributed by atoms with van der Waals surface area (Å²) in [5.41, 5.74) is 7.30. The summed E-state index contributed by atoms with van der Waals surface area (Å²) in [4.78, 5) is 16.1. The van der Waals surface area contributed by atoms with Crippen LogP contribution in [-0.4, -0.2) is 27.6 Å². The highest BCUT2D eigenvalue weighted by molar-refractivity contribution is 7.84. The lowest BCUT2D eigenvalue weighted by Gasteiger charge is -2.07. The van der Waals surface area contributed by atoms with E-state index in [1.165, 1.54) is 30.6 Å². The fraction of sp³-hybridized carbons (Fsp3) is 0.0667. The number of hydrogen-bond acceptors (Lipinski definition) is 6. The molecule has 0 saturated carbocycles. The number of benzene rings is 2. The number of carbonyl (C=O) groups excluding carboxylic acids is 1. The van der Waals surface area contributed by atoms with Crippen molar-refractivity contribution in [1.29, 1.82) is 0 Å². The number of hydrogen-bond donors (Lipinski definition) is 3. The number of rotatable bonds is 7. The van der Waals surface area contributed by atoms with Gasteiger partial charge in [0, 0.05) is 18.2 Å². The topological polar surface area (TPSA) is 123 Å². The molecule has 0 amide bonds. The van der Waals surface area contributed by atoms with E-state index in [2.05, 4.69) is 20.0 Å². The van der Waals surface area contributed by atoms with E-state index in [0.29, 0.717) is 11.1 Å². The first-order valence-electron chi connectivity index (χ1n) is 6.78. The summed E-state index contributed by atoms with van der Waals surface area (Å²) in [6.07, 6.45) is 1.49. The van der Waals surface area contributed by atoms with Crippen LogP contribution in [0.1, 0.15) is 15.9 Å². The Morgan fingerprint density at radius 3 is 2.12 bits per heavy atom. The van der Waals surface area contributed by atoms with E-state index >= 15 is 0 Å². The highest BCUT2D eigenvalue weighted by Gasteiger charge is 2.10. The molecule has 9 heteroatoms. The maximum atomic E-state index is 12.4. The fourth-order valence-corrected chi connectivity index (χ4v) is 2.23. The Labute approximate surface area is 139 Å². The van der Waals surface area contributed by atoms with E-state index in [4.69, 9.17) is 5.14 Å². The van der Waals surface area contributed by atoms with Gasteiger partial charge in [-0.15, -0.1) is 0 Å². The molecule has 0 heterocycles. The van der Waals surface area contributed by atoms with Gasteiger partial charge < -0.3 is 9.61 Å². The summed E-state index contributed by atoms with van der Waals surface area (Å²) in [6, 6.07) is 12.5. The number of anilines is 1. The molecule has 2 aromatic carbocycles. The second-order valence-corrected chi connectivity index (χ2v) is 5.82. The number of nitrogens with one attached hydrogen (secondary N) is 2. The van der Waals surface area contributed by atoms with Gasteiger partial charge in [-0.1, -0.05) is 0 Å². The van der Waals surface area contributed by atoms with Crippen molar-refractivity contribution in [2.75, 3.05) is 12.5 Å². The van der Waals surface area contributed by atoms with Crippen LogP contribution < -0.4 is 20.2 Å². The van der Waals surface area contributed by atoms with Gasteiger partial charge in [-0.25, -0.2) is 0 Å². The Morgan fingerprint density at radius 2 is 1.62 bits per heavy atom. The van der Waals surface area contributed by atoms with Crippen molar-refractivity contribution in [2.45, 2.75) is 0 Å².